The van der Waals surface area contributed by atoms with Crippen LogP contribution in [0.3, 0.4) is 0 Å². The highest BCUT2D eigenvalue weighted by Gasteiger charge is 2.31. The molecule has 2 N–H and O–H groups in total. The van der Waals surface area contributed by atoms with Crippen LogP contribution in [0.25, 0.3) is 0 Å². The summed E-state index contributed by atoms with van der Waals surface area (Å²) in [5.41, 5.74) is 0. The number of esters is 1. The predicted molar refractivity (Wildman–Crippen MR) is 88.2 cm³/mol. The lowest BCUT2D eigenvalue weighted by Crippen LogP contribution is -2.49. The van der Waals surface area contributed by atoms with Crippen LogP contribution in [0, 0.1) is 0 Å². The number of hydrogen-bond donors (Lipinski definition) is 2. The van der Waals surface area contributed by atoms with E-state index in [1.807, 2.05) is 0 Å². The Hall–Kier alpha value is -2.42. The molecule has 0 aliphatic carbocycles. The minimum absolute atomic E-state index is 0.129. The van der Waals surface area contributed by atoms with Crippen molar-refractivity contribution in [2.45, 2.75) is 36.2 Å². The maximum Gasteiger partial charge on any atom is 0.328 e. The normalized spacial score (nSPS) is 18.3. The molecule has 9 heteroatoms. The van der Waals surface area contributed by atoms with Gasteiger partial charge < -0.3 is 15.4 Å². The molecule has 25 heavy (non-hydrogen) atoms. The van der Waals surface area contributed by atoms with Gasteiger partial charge in [0, 0.05) is 6.42 Å². The monoisotopic (exact) mass is 368 g/mol. The molecular weight excluding hydrogens is 348 g/mol. The van der Waals surface area contributed by atoms with Crippen molar-refractivity contribution in [1.82, 2.24) is 10.6 Å². The van der Waals surface area contributed by atoms with Crippen LogP contribution in [0.1, 0.15) is 19.3 Å². The second kappa shape index (κ2) is 8.11. The molecule has 2 atom stereocenters. The van der Waals surface area contributed by atoms with Gasteiger partial charge in [0.15, 0.2) is 9.84 Å². The molecule has 0 radical (unpaired) electrons. The van der Waals surface area contributed by atoms with Crippen LogP contribution in [0.15, 0.2) is 35.2 Å². The average molecular weight is 368 g/mol. The Morgan fingerprint density at radius 1 is 1.32 bits per heavy atom. The highest BCUT2D eigenvalue weighted by atomic mass is 32.2. The van der Waals surface area contributed by atoms with Crippen LogP contribution >= 0.6 is 0 Å². The number of rotatable bonds is 7. The van der Waals surface area contributed by atoms with Crippen molar-refractivity contribution in [3.8, 4) is 0 Å². The van der Waals surface area contributed by atoms with Crippen LogP contribution in [0.2, 0.25) is 0 Å². The van der Waals surface area contributed by atoms with E-state index in [-0.39, 0.29) is 29.4 Å². The maximum absolute atomic E-state index is 12.3. The van der Waals surface area contributed by atoms with Gasteiger partial charge in [-0.1, -0.05) is 18.2 Å². The molecule has 136 valence electrons. The molecule has 1 aliphatic rings. The molecule has 2 amide bonds. The first-order valence-corrected chi connectivity index (χ1v) is 9.44. The van der Waals surface area contributed by atoms with Crippen molar-refractivity contribution in [2.24, 2.45) is 0 Å². The van der Waals surface area contributed by atoms with E-state index in [2.05, 4.69) is 15.4 Å². The van der Waals surface area contributed by atoms with Crippen molar-refractivity contribution in [1.29, 1.82) is 0 Å². The Labute approximate surface area is 145 Å². The number of hydrogen-bond acceptors (Lipinski definition) is 6. The van der Waals surface area contributed by atoms with Gasteiger partial charge in [-0.05, 0) is 25.0 Å². The second-order valence-corrected chi connectivity index (χ2v) is 7.77. The van der Waals surface area contributed by atoms with E-state index in [9.17, 15) is 22.8 Å². The number of nitrogens with one attached hydrogen (secondary N) is 2. The minimum Gasteiger partial charge on any atom is -0.467 e. The van der Waals surface area contributed by atoms with E-state index in [1.54, 1.807) is 18.2 Å². The smallest absolute Gasteiger partial charge is 0.328 e. The van der Waals surface area contributed by atoms with Crippen LogP contribution in [-0.2, 0) is 29.0 Å². The number of benzene rings is 1. The largest absolute Gasteiger partial charge is 0.467 e. The van der Waals surface area contributed by atoms with Crippen LogP contribution in [-0.4, -0.2) is 51.1 Å². The van der Waals surface area contributed by atoms with Crippen LogP contribution in [0.4, 0.5) is 0 Å². The summed E-state index contributed by atoms with van der Waals surface area (Å²) in [5.74, 6) is -1.82. The van der Waals surface area contributed by atoms with Gasteiger partial charge in [-0.3, -0.25) is 9.59 Å². The first kappa shape index (κ1) is 18.9. The Morgan fingerprint density at radius 3 is 2.56 bits per heavy atom. The summed E-state index contributed by atoms with van der Waals surface area (Å²) in [5, 5.41) is 4.95. The predicted octanol–water partition coefficient (Wildman–Crippen LogP) is -0.213. The third-order valence-electron chi connectivity index (χ3n) is 3.89. The number of sulfone groups is 1. The lowest BCUT2D eigenvalue weighted by Gasteiger charge is -2.19. The Morgan fingerprint density at radius 2 is 2.00 bits per heavy atom. The number of amides is 2. The van der Waals surface area contributed by atoms with Crippen LogP contribution in [0.5, 0.6) is 0 Å². The quantitative estimate of drug-likeness (QED) is 0.643. The van der Waals surface area contributed by atoms with Crippen molar-refractivity contribution in [2.75, 3.05) is 12.9 Å². The third-order valence-corrected chi connectivity index (χ3v) is 5.66. The summed E-state index contributed by atoms with van der Waals surface area (Å²) in [6.07, 6.45) is 0.445. The van der Waals surface area contributed by atoms with Gasteiger partial charge in [0.25, 0.3) is 0 Å². The third kappa shape index (κ3) is 5.02. The molecule has 1 aromatic rings. The van der Waals surface area contributed by atoms with Crippen molar-refractivity contribution in [3.63, 3.8) is 0 Å². The molecule has 1 aliphatic heterocycles. The molecule has 1 saturated heterocycles. The van der Waals surface area contributed by atoms with Crippen LogP contribution < -0.4 is 10.6 Å². The maximum atomic E-state index is 12.3. The summed E-state index contributed by atoms with van der Waals surface area (Å²) in [7, 11) is -2.43. The standard InChI is InChI=1S/C16H20N2O6S/c1-24-16(21)13(18-15(20)12-7-8-14(19)17-12)9-10-25(22,23)11-5-3-2-4-6-11/h2-6,12-13H,7-10H2,1H3,(H,17,19)(H,18,20)/t12-,13-/m1/s1. The number of carbonyl (C=O) groups is 3. The summed E-state index contributed by atoms with van der Waals surface area (Å²) in [4.78, 5) is 35.3. The molecule has 1 fully saturated rings. The molecule has 1 heterocycles. The van der Waals surface area contributed by atoms with Crippen molar-refractivity contribution >= 4 is 27.6 Å². The molecule has 2 rings (SSSR count). The summed E-state index contributed by atoms with van der Waals surface area (Å²) >= 11 is 0. The van der Waals surface area contributed by atoms with E-state index in [4.69, 9.17) is 0 Å². The van der Waals surface area contributed by atoms with Gasteiger partial charge in [0.1, 0.15) is 12.1 Å². The molecule has 8 nitrogen and oxygen atoms in total. The van der Waals surface area contributed by atoms with Gasteiger partial charge >= 0.3 is 5.97 Å². The number of methoxy groups -OCH3 is 1. The van der Waals surface area contributed by atoms with E-state index >= 15 is 0 Å². The molecule has 0 saturated carbocycles. The Balaban J connectivity index is 2.02. The number of ether oxygens (including phenoxy) is 1. The first-order chi connectivity index (χ1) is 11.8. The Kier molecular flexibility index (Phi) is 6.13. The molecular formula is C16H20N2O6S. The van der Waals surface area contributed by atoms with E-state index < -0.39 is 33.8 Å². The second-order valence-electron chi connectivity index (χ2n) is 5.66. The molecule has 1 aromatic carbocycles. The van der Waals surface area contributed by atoms with Gasteiger partial charge in [0.2, 0.25) is 11.8 Å². The summed E-state index contributed by atoms with van der Waals surface area (Å²) < 4.78 is 29.3. The van der Waals surface area contributed by atoms with E-state index in [0.717, 1.165) is 7.11 Å². The summed E-state index contributed by atoms with van der Waals surface area (Å²) in [6.45, 7) is 0. The zero-order chi connectivity index (χ0) is 18.4. The fourth-order valence-corrected chi connectivity index (χ4v) is 3.85. The lowest BCUT2D eigenvalue weighted by molar-refractivity contribution is -0.145. The minimum atomic E-state index is -3.59. The molecule has 0 aromatic heterocycles. The van der Waals surface area contributed by atoms with E-state index in [0.29, 0.717) is 6.42 Å². The fraction of sp³-hybridized carbons (Fsp3) is 0.438. The lowest BCUT2D eigenvalue weighted by atomic mass is 10.1. The van der Waals surface area contributed by atoms with Gasteiger partial charge in [-0.25, -0.2) is 13.2 Å². The molecule has 0 bridgehead atoms. The zero-order valence-electron chi connectivity index (χ0n) is 13.7. The van der Waals surface area contributed by atoms with Gasteiger partial charge in [-0.2, -0.15) is 0 Å². The SMILES string of the molecule is COC(=O)[C@@H](CCS(=O)(=O)c1ccccc1)NC(=O)[C@H]1CCC(=O)N1. The highest BCUT2D eigenvalue weighted by molar-refractivity contribution is 7.91. The average Bonchev–Trinajstić information content (AvgIpc) is 3.05. The van der Waals surface area contributed by atoms with Gasteiger partial charge in [-0.15, -0.1) is 0 Å². The van der Waals surface area contributed by atoms with Crippen molar-refractivity contribution < 1.29 is 27.5 Å². The molecule has 0 unspecified atom stereocenters. The zero-order valence-corrected chi connectivity index (χ0v) is 14.5. The fourth-order valence-electron chi connectivity index (χ4n) is 2.49. The van der Waals surface area contributed by atoms with Crippen molar-refractivity contribution in [3.05, 3.63) is 30.3 Å². The summed E-state index contributed by atoms with van der Waals surface area (Å²) in [6, 6.07) is 6.03. The highest BCUT2D eigenvalue weighted by Crippen LogP contribution is 2.13. The topological polar surface area (TPSA) is 119 Å². The van der Waals surface area contributed by atoms with E-state index in [1.165, 1.54) is 12.1 Å². The van der Waals surface area contributed by atoms with Gasteiger partial charge in [0.05, 0.1) is 17.8 Å². The Bertz CT molecular complexity index is 747. The number of carbonyl (C=O) groups excluding carboxylic acids is 3. The molecule has 0 spiro atoms. The first-order valence-electron chi connectivity index (χ1n) is 7.79.